The molecule has 1 fully saturated rings. The first-order chi connectivity index (χ1) is 5.79. The summed E-state index contributed by atoms with van der Waals surface area (Å²) in [4.78, 5) is 11.3. The summed E-state index contributed by atoms with van der Waals surface area (Å²) < 4.78 is 4.73. The van der Waals surface area contributed by atoms with Gasteiger partial charge in [0.1, 0.15) is 0 Å². The largest absolute Gasteiger partial charge is 0.469 e. The Morgan fingerprint density at radius 3 is 2.75 bits per heavy atom. The van der Waals surface area contributed by atoms with Gasteiger partial charge in [0.05, 0.1) is 13.0 Å². The van der Waals surface area contributed by atoms with Crippen molar-refractivity contribution in [2.45, 2.75) is 25.7 Å². The van der Waals surface area contributed by atoms with Crippen LogP contribution in [0.1, 0.15) is 25.7 Å². The van der Waals surface area contributed by atoms with Gasteiger partial charge in [0.15, 0.2) is 0 Å². The summed E-state index contributed by atoms with van der Waals surface area (Å²) in [5.74, 6) is 0.338. The number of esters is 1. The number of ether oxygens (including phenoxy) is 1. The third-order valence-corrected chi connectivity index (χ3v) is 2.72. The number of nitrogens with two attached hydrogens (primary N) is 1. The Morgan fingerprint density at radius 2 is 2.17 bits per heavy atom. The lowest BCUT2D eigenvalue weighted by atomic mass is 9.79. The number of carbonyl (C=O) groups excluding carboxylic acids is 1. The fourth-order valence-electron chi connectivity index (χ4n) is 1.95. The van der Waals surface area contributed by atoms with Gasteiger partial charge in [0.2, 0.25) is 0 Å². The molecule has 3 nitrogen and oxygen atoms in total. The van der Waals surface area contributed by atoms with E-state index in [1.165, 1.54) is 13.5 Å². The minimum atomic E-state index is -0.0786. The first-order valence-corrected chi connectivity index (χ1v) is 4.57. The molecule has 0 aliphatic heterocycles. The molecule has 1 rings (SSSR count). The fourth-order valence-corrected chi connectivity index (χ4v) is 1.95. The zero-order valence-corrected chi connectivity index (χ0v) is 7.58. The summed E-state index contributed by atoms with van der Waals surface area (Å²) in [7, 11) is 1.45. The van der Waals surface area contributed by atoms with Gasteiger partial charge in [0, 0.05) is 0 Å². The molecule has 0 saturated heterocycles. The van der Waals surface area contributed by atoms with Crippen molar-refractivity contribution in [1.29, 1.82) is 0 Å². The molecule has 1 saturated carbocycles. The van der Waals surface area contributed by atoms with Gasteiger partial charge in [-0.05, 0) is 25.3 Å². The SMILES string of the molecule is COC(=O)C1CCCC[C@@H]1CN. The van der Waals surface area contributed by atoms with Crippen molar-refractivity contribution in [3.8, 4) is 0 Å². The van der Waals surface area contributed by atoms with E-state index >= 15 is 0 Å². The Kier molecular flexibility index (Phi) is 3.53. The number of methoxy groups -OCH3 is 1. The Morgan fingerprint density at radius 1 is 1.50 bits per heavy atom. The second-order valence-corrected chi connectivity index (χ2v) is 3.41. The predicted octanol–water partition coefficient (Wildman–Crippen LogP) is 0.924. The summed E-state index contributed by atoms with van der Waals surface area (Å²) in [6.45, 7) is 0.611. The standard InChI is InChI=1S/C9H17NO2/c1-12-9(11)8-5-3-2-4-7(8)6-10/h7-8H,2-6,10H2,1H3/t7-,8?/m1/s1. The lowest BCUT2D eigenvalue weighted by Gasteiger charge is -2.28. The van der Waals surface area contributed by atoms with Crippen LogP contribution in [0.5, 0.6) is 0 Å². The van der Waals surface area contributed by atoms with Crippen molar-refractivity contribution < 1.29 is 9.53 Å². The van der Waals surface area contributed by atoms with Crippen molar-refractivity contribution in [1.82, 2.24) is 0 Å². The van der Waals surface area contributed by atoms with E-state index in [4.69, 9.17) is 10.5 Å². The number of rotatable bonds is 2. The van der Waals surface area contributed by atoms with Gasteiger partial charge in [-0.2, -0.15) is 0 Å². The Labute approximate surface area is 73.3 Å². The molecule has 70 valence electrons. The summed E-state index contributed by atoms with van der Waals surface area (Å²) >= 11 is 0. The molecule has 2 N–H and O–H groups in total. The average molecular weight is 171 g/mol. The molecule has 0 radical (unpaired) electrons. The topological polar surface area (TPSA) is 52.3 Å². The maximum atomic E-state index is 11.3. The molecule has 0 amide bonds. The fraction of sp³-hybridized carbons (Fsp3) is 0.889. The molecule has 12 heavy (non-hydrogen) atoms. The first-order valence-electron chi connectivity index (χ1n) is 4.57. The predicted molar refractivity (Wildman–Crippen MR) is 46.5 cm³/mol. The molecule has 0 bridgehead atoms. The molecule has 2 atom stereocenters. The zero-order valence-electron chi connectivity index (χ0n) is 7.58. The number of carbonyl (C=O) groups is 1. The van der Waals surface area contributed by atoms with Crippen LogP contribution in [0.2, 0.25) is 0 Å². The molecule has 3 heteroatoms. The van der Waals surface area contributed by atoms with Crippen molar-refractivity contribution in [3.05, 3.63) is 0 Å². The molecular weight excluding hydrogens is 154 g/mol. The third-order valence-electron chi connectivity index (χ3n) is 2.72. The van der Waals surface area contributed by atoms with E-state index < -0.39 is 0 Å². The van der Waals surface area contributed by atoms with Gasteiger partial charge in [-0.15, -0.1) is 0 Å². The molecule has 0 aromatic heterocycles. The molecular formula is C9H17NO2. The molecule has 1 aliphatic carbocycles. The zero-order chi connectivity index (χ0) is 8.97. The summed E-state index contributed by atoms with van der Waals surface area (Å²) in [6.07, 6.45) is 4.37. The highest BCUT2D eigenvalue weighted by atomic mass is 16.5. The maximum Gasteiger partial charge on any atom is 0.308 e. The highest BCUT2D eigenvalue weighted by Gasteiger charge is 2.30. The van der Waals surface area contributed by atoms with Gasteiger partial charge in [-0.3, -0.25) is 4.79 Å². The van der Waals surface area contributed by atoms with E-state index in [1.807, 2.05) is 0 Å². The summed E-state index contributed by atoms with van der Waals surface area (Å²) in [5.41, 5.74) is 5.58. The number of hydrogen-bond donors (Lipinski definition) is 1. The van der Waals surface area contributed by atoms with Crippen LogP contribution in [-0.4, -0.2) is 19.6 Å². The van der Waals surface area contributed by atoms with Crippen molar-refractivity contribution in [2.24, 2.45) is 17.6 Å². The van der Waals surface area contributed by atoms with E-state index in [0.29, 0.717) is 12.5 Å². The van der Waals surface area contributed by atoms with E-state index in [2.05, 4.69) is 0 Å². The second kappa shape index (κ2) is 4.45. The number of hydrogen-bond acceptors (Lipinski definition) is 3. The van der Waals surface area contributed by atoms with Crippen LogP contribution >= 0.6 is 0 Å². The summed E-state index contributed by atoms with van der Waals surface area (Å²) in [6, 6.07) is 0. The molecule has 1 unspecified atom stereocenters. The van der Waals surface area contributed by atoms with Crippen LogP contribution in [0.3, 0.4) is 0 Å². The molecule has 0 aromatic carbocycles. The van der Waals surface area contributed by atoms with E-state index in [1.54, 1.807) is 0 Å². The van der Waals surface area contributed by atoms with Crippen molar-refractivity contribution >= 4 is 5.97 Å². The van der Waals surface area contributed by atoms with Gasteiger partial charge in [-0.25, -0.2) is 0 Å². The van der Waals surface area contributed by atoms with Crippen molar-refractivity contribution in [2.75, 3.05) is 13.7 Å². The Hall–Kier alpha value is -0.570. The van der Waals surface area contributed by atoms with Gasteiger partial charge in [0.25, 0.3) is 0 Å². The van der Waals surface area contributed by atoms with Gasteiger partial charge < -0.3 is 10.5 Å². The Bertz CT molecular complexity index is 159. The quantitative estimate of drug-likeness (QED) is 0.629. The highest BCUT2D eigenvalue weighted by Crippen LogP contribution is 2.29. The Balaban J connectivity index is 2.52. The molecule has 1 aliphatic rings. The minimum absolute atomic E-state index is 0.0637. The normalized spacial score (nSPS) is 29.8. The highest BCUT2D eigenvalue weighted by molar-refractivity contribution is 5.72. The van der Waals surface area contributed by atoms with Crippen LogP contribution in [0.15, 0.2) is 0 Å². The van der Waals surface area contributed by atoms with E-state index in [0.717, 1.165) is 19.3 Å². The van der Waals surface area contributed by atoms with Crippen LogP contribution < -0.4 is 5.73 Å². The van der Waals surface area contributed by atoms with Crippen molar-refractivity contribution in [3.63, 3.8) is 0 Å². The van der Waals surface area contributed by atoms with Crippen LogP contribution in [0.4, 0.5) is 0 Å². The average Bonchev–Trinajstić information content (AvgIpc) is 2.16. The van der Waals surface area contributed by atoms with Gasteiger partial charge >= 0.3 is 5.97 Å². The molecule has 0 aromatic rings. The minimum Gasteiger partial charge on any atom is -0.469 e. The first kappa shape index (κ1) is 9.52. The van der Waals surface area contributed by atoms with Crippen LogP contribution in [0, 0.1) is 11.8 Å². The van der Waals surface area contributed by atoms with Gasteiger partial charge in [-0.1, -0.05) is 12.8 Å². The molecule has 0 spiro atoms. The third kappa shape index (κ3) is 1.97. The molecule has 0 heterocycles. The monoisotopic (exact) mass is 171 g/mol. The van der Waals surface area contributed by atoms with E-state index in [-0.39, 0.29) is 11.9 Å². The maximum absolute atomic E-state index is 11.3. The van der Waals surface area contributed by atoms with E-state index in [9.17, 15) is 4.79 Å². The van der Waals surface area contributed by atoms with Crippen LogP contribution in [0.25, 0.3) is 0 Å². The summed E-state index contributed by atoms with van der Waals surface area (Å²) in [5, 5.41) is 0. The lowest BCUT2D eigenvalue weighted by Crippen LogP contribution is -2.32. The second-order valence-electron chi connectivity index (χ2n) is 3.41. The van der Waals surface area contributed by atoms with Crippen LogP contribution in [-0.2, 0) is 9.53 Å². The lowest BCUT2D eigenvalue weighted by molar-refractivity contribution is -0.148. The smallest absolute Gasteiger partial charge is 0.308 e.